The van der Waals surface area contributed by atoms with Crippen LogP contribution in [0.25, 0.3) is 0 Å². The van der Waals surface area contributed by atoms with Gasteiger partial charge in [0.15, 0.2) is 5.82 Å². The summed E-state index contributed by atoms with van der Waals surface area (Å²) in [7, 11) is 0. The molecule has 7 heteroatoms. The van der Waals surface area contributed by atoms with E-state index < -0.39 is 0 Å². The van der Waals surface area contributed by atoms with Crippen molar-refractivity contribution in [3.63, 3.8) is 0 Å². The maximum absolute atomic E-state index is 13.0. The predicted octanol–water partition coefficient (Wildman–Crippen LogP) is 3.97. The van der Waals surface area contributed by atoms with Crippen molar-refractivity contribution in [3.05, 3.63) is 41.7 Å². The second-order valence-corrected chi connectivity index (χ2v) is 8.66. The maximum Gasteiger partial charge on any atom is 0.254 e. The Labute approximate surface area is 163 Å². The fourth-order valence-electron chi connectivity index (χ4n) is 3.17. The zero-order valence-electron chi connectivity index (χ0n) is 15.9. The quantitative estimate of drug-likeness (QED) is 0.786. The fourth-order valence-corrected chi connectivity index (χ4v) is 4.12. The van der Waals surface area contributed by atoms with Gasteiger partial charge in [0.1, 0.15) is 5.76 Å². The summed E-state index contributed by atoms with van der Waals surface area (Å²) in [5.74, 6) is 0.960. The Balaban J connectivity index is 1.59. The highest BCUT2D eigenvalue weighted by molar-refractivity contribution is 8.00. The number of nitrogens with one attached hydrogen (secondary N) is 1. The third-order valence-electron chi connectivity index (χ3n) is 4.51. The third kappa shape index (κ3) is 4.91. The van der Waals surface area contributed by atoms with Gasteiger partial charge in [0.05, 0.1) is 5.56 Å². The van der Waals surface area contributed by atoms with E-state index in [1.807, 2.05) is 29.2 Å². The highest BCUT2D eigenvalue weighted by atomic mass is 32.2. The number of piperidine rings is 1. The summed E-state index contributed by atoms with van der Waals surface area (Å²) >= 11 is 1.70. The molecule has 1 saturated heterocycles. The molecule has 1 fully saturated rings. The first-order chi connectivity index (χ1) is 12.9. The lowest BCUT2D eigenvalue weighted by Gasteiger charge is -2.31. The zero-order chi connectivity index (χ0) is 19.4. The number of benzene rings is 1. The van der Waals surface area contributed by atoms with Crippen molar-refractivity contribution < 1.29 is 14.1 Å². The van der Waals surface area contributed by atoms with Crippen LogP contribution in [0.4, 0.5) is 5.82 Å². The van der Waals surface area contributed by atoms with Gasteiger partial charge in [-0.2, -0.15) is 0 Å². The number of carbonyl (C=O) groups excluding carboxylic acids is 2. The second kappa shape index (κ2) is 8.61. The van der Waals surface area contributed by atoms with E-state index in [9.17, 15) is 9.59 Å². The number of rotatable bonds is 5. The van der Waals surface area contributed by atoms with Crippen LogP contribution in [-0.4, -0.2) is 40.2 Å². The van der Waals surface area contributed by atoms with Crippen LogP contribution in [0.2, 0.25) is 0 Å². The number of anilines is 1. The normalized spacial score (nSPS) is 15.2. The minimum absolute atomic E-state index is 0.0461. The summed E-state index contributed by atoms with van der Waals surface area (Å²) in [6.07, 6.45) is 1.29. The minimum atomic E-state index is -0.119. The number of hydrogen-bond acceptors (Lipinski definition) is 5. The van der Waals surface area contributed by atoms with Gasteiger partial charge < -0.3 is 14.7 Å². The molecule has 27 heavy (non-hydrogen) atoms. The molecular formula is C20H25N3O3S. The van der Waals surface area contributed by atoms with Gasteiger partial charge in [-0.05, 0) is 31.9 Å². The van der Waals surface area contributed by atoms with Crippen molar-refractivity contribution in [3.8, 4) is 0 Å². The summed E-state index contributed by atoms with van der Waals surface area (Å²) in [6.45, 7) is 7.17. The van der Waals surface area contributed by atoms with Crippen LogP contribution in [0.1, 0.15) is 42.8 Å². The SMILES string of the molecule is Cc1cc(NC(=O)C2CCN(C(=O)c3ccccc3SC(C)C)CC2)no1. The van der Waals surface area contributed by atoms with Gasteiger partial charge in [-0.15, -0.1) is 11.8 Å². The Morgan fingerprint density at radius 1 is 1.26 bits per heavy atom. The maximum atomic E-state index is 13.0. The molecule has 1 aromatic carbocycles. The van der Waals surface area contributed by atoms with E-state index in [0.29, 0.717) is 42.8 Å². The van der Waals surface area contributed by atoms with Crippen molar-refractivity contribution in [1.82, 2.24) is 10.1 Å². The van der Waals surface area contributed by atoms with Crippen LogP contribution in [0, 0.1) is 12.8 Å². The van der Waals surface area contributed by atoms with Gasteiger partial charge in [0.2, 0.25) is 5.91 Å². The standard InChI is InChI=1S/C20H25N3O3S/c1-13(2)27-17-7-5-4-6-16(17)20(25)23-10-8-15(9-11-23)19(24)21-18-12-14(3)26-22-18/h4-7,12-13,15H,8-11H2,1-3H3,(H,21,22,24). The molecule has 0 unspecified atom stereocenters. The Kier molecular flexibility index (Phi) is 6.21. The molecule has 0 saturated carbocycles. The minimum Gasteiger partial charge on any atom is -0.360 e. The summed E-state index contributed by atoms with van der Waals surface area (Å²) in [6, 6.07) is 9.44. The number of likely N-dealkylation sites (tertiary alicyclic amines) is 1. The molecule has 3 rings (SSSR count). The lowest BCUT2D eigenvalue weighted by atomic mass is 9.95. The Morgan fingerprint density at radius 2 is 1.96 bits per heavy atom. The van der Waals surface area contributed by atoms with Gasteiger partial charge in [0.25, 0.3) is 5.91 Å². The molecule has 2 heterocycles. The molecule has 1 aromatic heterocycles. The molecule has 6 nitrogen and oxygen atoms in total. The summed E-state index contributed by atoms with van der Waals surface area (Å²) in [4.78, 5) is 28.2. The van der Waals surface area contributed by atoms with Gasteiger partial charge in [-0.3, -0.25) is 9.59 Å². The van der Waals surface area contributed by atoms with E-state index in [0.717, 1.165) is 10.5 Å². The van der Waals surface area contributed by atoms with E-state index in [-0.39, 0.29) is 17.7 Å². The average molecular weight is 388 g/mol. The van der Waals surface area contributed by atoms with Crippen LogP contribution in [0.15, 0.2) is 39.8 Å². The fraction of sp³-hybridized carbons (Fsp3) is 0.450. The van der Waals surface area contributed by atoms with Gasteiger partial charge >= 0.3 is 0 Å². The number of amides is 2. The average Bonchev–Trinajstić information content (AvgIpc) is 3.06. The monoisotopic (exact) mass is 387 g/mol. The number of hydrogen-bond donors (Lipinski definition) is 1. The molecule has 0 aliphatic carbocycles. The zero-order valence-corrected chi connectivity index (χ0v) is 16.7. The van der Waals surface area contributed by atoms with E-state index in [1.165, 1.54) is 0 Å². The van der Waals surface area contributed by atoms with Crippen LogP contribution in [0.5, 0.6) is 0 Å². The largest absolute Gasteiger partial charge is 0.360 e. The summed E-state index contributed by atoms with van der Waals surface area (Å²) in [5.41, 5.74) is 0.747. The Bertz CT molecular complexity index is 810. The Morgan fingerprint density at radius 3 is 2.59 bits per heavy atom. The lowest BCUT2D eigenvalue weighted by molar-refractivity contribution is -0.121. The third-order valence-corrected chi connectivity index (χ3v) is 5.59. The molecule has 0 atom stereocenters. The van der Waals surface area contributed by atoms with Crippen molar-refractivity contribution in [2.45, 2.75) is 43.8 Å². The second-order valence-electron chi connectivity index (χ2n) is 7.04. The topological polar surface area (TPSA) is 75.4 Å². The van der Waals surface area contributed by atoms with Crippen LogP contribution in [0.3, 0.4) is 0 Å². The number of carbonyl (C=O) groups is 2. The van der Waals surface area contributed by atoms with E-state index >= 15 is 0 Å². The molecule has 0 bridgehead atoms. The predicted molar refractivity (Wildman–Crippen MR) is 106 cm³/mol. The van der Waals surface area contributed by atoms with Gasteiger partial charge in [0, 0.05) is 35.2 Å². The van der Waals surface area contributed by atoms with Crippen molar-refractivity contribution in [1.29, 1.82) is 0 Å². The van der Waals surface area contributed by atoms with Crippen LogP contribution < -0.4 is 5.32 Å². The van der Waals surface area contributed by atoms with Crippen LogP contribution in [-0.2, 0) is 4.79 Å². The molecule has 144 valence electrons. The van der Waals surface area contributed by atoms with E-state index in [2.05, 4.69) is 24.3 Å². The van der Waals surface area contributed by atoms with Gasteiger partial charge in [-0.25, -0.2) is 0 Å². The molecule has 1 aliphatic rings. The molecular weight excluding hydrogens is 362 g/mol. The Hall–Kier alpha value is -2.28. The smallest absolute Gasteiger partial charge is 0.254 e. The molecule has 2 amide bonds. The first kappa shape index (κ1) is 19.5. The molecule has 1 N–H and O–H groups in total. The molecule has 1 aliphatic heterocycles. The first-order valence-corrected chi connectivity index (χ1v) is 10.1. The lowest BCUT2D eigenvalue weighted by Crippen LogP contribution is -2.41. The molecule has 2 aromatic rings. The number of thioether (sulfide) groups is 1. The number of aromatic nitrogens is 1. The van der Waals surface area contributed by atoms with Crippen molar-refractivity contribution in [2.75, 3.05) is 18.4 Å². The summed E-state index contributed by atoms with van der Waals surface area (Å²) < 4.78 is 4.97. The first-order valence-electron chi connectivity index (χ1n) is 9.23. The number of nitrogens with zero attached hydrogens (tertiary/aromatic N) is 2. The number of aryl methyl sites for hydroxylation is 1. The van der Waals surface area contributed by atoms with Gasteiger partial charge in [-0.1, -0.05) is 31.1 Å². The van der Waals surface area contributed by atoms with E-state index in [1.54, 1.807) is 24.8 Å². The van der Waals surface area contributed by atoms with Crippen molar-refractivity contribution >= 4 is 29.4 Å². The van der Waals surface area contributed by atoms with E-state index in [4.69, 9.17) is 4.52 Å². The highest BCUT2D eigenvalue weighted by Gasteiger charge is 2.29. The molecule has 0 radical (unpaired) electrons. The van der Waals surface area contributed by atoms with Crippen molar-refractivity contribution in [2.24, 2.45) is 5.92 Å². The molecule has 0 spiro atoms. The van der Waals surface area contributed by atoms with Crippen LogP contribution >= 0.6 is 11.8 Å². The summed E-state index contributed by atoms with van der Waals surface area (Å²) in [5, 5.41) is 6.99. The highest BCUT2D eigenvalue weighted by Crippen LogP contribution is 2.29.